The summed E-state index contributed by atoms with van der Waals surface area (Å²) in [6, 6.07) is 8.99. The number of halogens is 2. The summed E-state index contributed by atoms with van der Waals surface area (Å²) < 4.78 is 17.9. The number of hydrogen-bond acceptors (Lipinski definition) is 4. The first kappa shape index (κ1) is 17.9. The standard InChI is InChI=1S/C17H16ClFN2O3/c1-11(17(23)21-15-8-5-13(18)10-20-15)24-16(22)9-4-12-2-6-14(19)7-3-12/h2-3,5-8,10-11H,4,9H2,1H3,(H,20,21,23)/t11-/m1/s1. The maximum absolute atomic E-state index is 12.8. The fraction of sp³-hybridized carbons (Fsp3) is 0.235. The normalized spacial score (nSPS) is 11.6. The second kappa shape index (κ2) is 8.40. The Labute approximate surface area is 143 Å². The second-order valence-corrected chi connectivity index (χ2v) is 5.55. The van der Waals surface area contributed by atoms with Crippen molar-refractivity contribution in [3.63, 3.8) is 0 Å². The topological polar surface area (TPSA) is 68.3 Å². The van der Waals surface area contributed by atoms with Crippen molar-refractivity contribution in [2.45, 2.75) is 25.9 Å². The molecule has 2 rings (SSSR count). The van der Waals surface area contributed by atoms with Gasteiger partial charge in [0.25, 0.3) is 5.91 Å². The Kier molecular flexibility index (Phi) is 6.26. The zero-order valence-corrected chi connectivity index (χ0v) is 13.7. The first-order valence-corrected chi connectivity index (χ1v) is 7.68. The van der Waals surface area contributed by atoms with E-state index in [9.17, 15) is 14.0 Å². The number of nitrogens with one attached hydrogen (secondary N) is 1. The molecule has 1 aromatic heterocycles. The molecule has 7 heteroatoms. The van der Waals surface area contributed by atoms with E-state index in [-0.39, 0.29) is 12.2 Å². The molecule has 0 radical (unpaired) electrons. The second-order valence-electron chi connectivity index (χ2n) is 5.11. The first-order chi connectivity index (χ1) is 11.4. The Bertz CT molecular complexity index is 705. The summed E-state index contributed by atoms with van der Waals surface area (Å²) >= 11 is 5.71. The third kappa shape index (κ3) is 5.62. The highest BCUT2D eigenvalue weighted by Crippen LogP contribution is 2.11. The van der Waals surface area contributed by atoms with Gasteiger partial charge in [-0.05, 0) is 43.2 Å². The highest BCUT2D eigenvalue weighted by Gasteiger charge is 2.18. The van der Waals surface area contributed by atoms with Crippen LogP contribution in [0.15, 0.2) is 42.6 Å². The number of hydrogen-bond donors (Lipinski definition) is 1. The monoisotopic (exact) mass is 350 g/mol. The van der Waals surface area contributed by atoms with Gasteiger partial charge in [-0.3, -0.25) is 9.59 Å². The van der Waals surface area contributed by atoms with Crippen LogP contribution in [0.5, 0.6) is 0 Å². The lowest BCUT2D eigenvalue weighted by Crippen LogP contribution is -2.30. The van der Waals surface area contributed by atoms with Gasteiger partial charge >= 0.3 is 5.97 Å². The molecule has 0 fully saturated rings. The molecule has 0 aliphatic carbocycles. The molecule has 0 bridgehead atoms. The number of rotatable bonds is 6. The number of aromatic nitrogens is 1. The molecule has 1 N–H and O–H groups in total. The van der Waals surface area contributed by atoms with E-state index in [1.54, 1.807) is 24.3 Å². The number of esters is 1. The van der Waals surface area contributed by atoms with Crippen molar-refractivity contribution < 1.29 is 18.7 Å². The number of carbonyl (C=O) groups excluding carboxylic acids is 2. The van der Waals surface area contributed by atoms with Gasteiger partial charge in [0.2, 0.25) is 0 Å². The van der Waals surface area contributed by atoms with Gasteiger partial charge in [0.1, 0.15) is 11.6 Å². The van der Waals surface area contributed by atoms with E-state index in [0.29, 0.717) is 17.3 Å². The summed E-state index contributed by atoms with van der Waals surface area (Å²) in [4.78, 5) is 27.7. The van der Waals surface area contributed by atoms with Gasteiger partial charge in [0, 0.05) is 12.6 Å². The molecule has 1 amide bonds. The molecule has 0 saturated carbocycles. The van der Waals surface area contributed by atoms with Crippen LogP contribution in [0.1, 0.15) is 18.9 Å². The van der Waals surface area contributed by atoms with Gasteiger partial charge in [-0.2, -0.15) is 0 Å². The van der Waals surface area contributed by atoms with Gasteiger partial charge in [-0.15, -0.1) is 0 Å². The minimum absolute atomic E-state index is 0.0997. The largest absolute Gasteiger partial charge is 0.453 e. The van der Waals surface area contributed by atoms with E-state index in [2.05, 4.69) is 10.3 Å². The first-order valence-electron chi connectivity index (χ1n) is 7.30. The number of anilines is 1. The van der Waals surface area contributed by atoms with Crippen molar-refractivity contribution in [3.05, 3.63) is 59.0 Å². The molecule has 0 aliphatic heterocycles. The lowest BCUT2D eigenvalue weighted by atomic mass is 10.1. The number of aryl methyl sites for hydroxylation is 1. The third-order valence-electron chi connectivity index (χ3n) is 3.19. The SMILES string of the molecule is C[C@@H](OC(=O)CCc1ccc(F)cc1)C(=O)Nc1ccc(Cl)cn1. The third-order valence-corrected chi connectivity index (χ3v) is 3.41. The Morgan fingerprint density at radius 3 is 2.58 bits per heavy atom. The van der Waals surface area contributed by atoms with Crippen LogP contribution in [0.25, 0.3) is 0 Å². The highest BCUT2D eigenvalue weighted by atomic mass is 35.5. The maximum atomic E-state index is 12.8. The Morgan fingerprint density at radius 2 is 1.96 bits per heavy atom. The summed E-state index contributed by atoms with van der Waals surface area (Å²) in [7, 11) is 0. The molecule has 2 aromatic rings. The van der Waals surface area contributed by atoms with Crippen LogP contribution in [0.3, 0.4) is 0 Å². The van der Waals surface area contributed by atoms with Crippen LogP contribution in [0, 0.1) is 5.82 Å². The van der Waals surface area contributed by atoms with Crippen molar-refractivity contribution in [1.82, 2.24) is 4.98 Å². The van der Waals surface area contributed by atoms with E-state index >= 15 is 0 Å². The van der Waals surface area contributed by atoms with Gasteiger partial charge in [-0.25, -0.2) is 9.37 Å². The predicted octanol–water partition coefficient (Wildman–Crippen LogP) is 3.38. The summed E-state index contributed by atoms with van der Waals surface area (Å²) in [6.07, 6.45) is 0.953. The number of benzene rings is 1. The quantitative estimate of drug-likeness (QED) is 0.811. The Morgan fingerprint density at radius 1 is 1.25 bits per heavy atom. The molecule has 0 unspecified atom stereocenters. The molecule has 0 spiro atoms. The molecule has 24 heavy (non-hydrogen) atoms. The highest BCUT2D eigenvalue weighted by molar-refractivity contribution is 6.30. The summed E-state index contributed by atoms with van der Waals surface area (Å²) in [5.41, 5.74) is 0.816. The minimum atomic E-state index is -0.955. The number of nitrogens with zero attached hydrogens (tertiary/aromatic N) is 1. The zero-order chi connectivity index (χ0) is 17.5. The smallest absolute Gasteiger partial charge is 0.306 e. The lowest BCUT2D eigenvalue weighted by Gasteiger charge is -2.13. The van der Waals surface area contributed by atoms with Crippen molar-refractivity contribution in [2.24, 2.45) is 0 Å². The van der Waals surface area contributed by atoms with Gasteiger partial charge in [0.15, 0.2) is 6.10 Å². The molecule has 5 nitrogen and oxygen atoms in total. The van der Waals surface area contributed by atoms with E-state index in [0.717, 1.165) is 5.56 Å². The number of carbonyl (C=O) groups is 2. The molecule has 0 aliphatic rings. The van der Waals surface area contributed by atoms with E-state index < -0.39 is 18.0 Å². The maximum Gasteiger partial charge on any atom is 0.306 e. The molecule has 126 valence electrons. The lowest BCUT2D eigenvalue weighted by molar-refractivity contribution is -0.153. The van der Waals surface area contributed by atoms with Crippen molar-refractivity contribution in [2.75, 3.05) is 5.32 Å². The van der Waals surface area contributed by atoms with Crippen LogP contribution in [-0.4, -0.2) is 23.0 Å². The van der Waals surface area contributed by atoms with Crippen LogP contribution in [-0.2, 0) is 20.7 Å². The minimum Gasteiger partial charge on any atom is -0.453 e. The van der Waals surface area contributed by atoms with Gasteiger partial charge in [-0.1, -0.05) is 23.7 Å². The average molecular weight is 351 g/mol. The van der Waals surface area contributed by atoms with Crippen LogP contribution in [0.2, 0.25) is 5.02 Å². The van der Waals surface area contributed by atoms with Crippen LogP contribution in [0.4, 0.5) is 10.2 Å². The Balaban J connectivity index is 1.78. The van der Waals surface area contributed by atoms with E-state index in [1.165, 1.54) is 25.3 Å². The summed E-state index contributed by atoms with van der Waals surface area (Å²) in [6.45, 7) is 1.47. The van der Waals surface area contributed by atoms with E-state index in [4.69, 9.17) is 16.3 Å². The summed E-state index contributed by atoms with van der Waals surface area (Å²) in [5, 5.41) is 2.98. The fourth-order valence-electron chi connectivity index (χ4n) is 1.88. The van der Waals surface area contributed by atoms with Gasteiger partial charge in [0.05, 0.1) is 5.02 Å². The van der Waals surface area contributed by atoms with E-state index in [1.807, 2.05) is 0 Å². The van der Waals surface area contributed by atoms with Gasteiger partial charge < -0.3 is 10.1 Å². The molecule has 0 saturated heterocycles. The Hall–Kier alpha value is -2.47. The van der Waals surface area contributed by atoms with Crippen LogP contribution < -0.4 is 5.32 Å². The van der Waals surface area contributed by atoms with Crippen LogP contribution >= 0.6 is 11.6 Å². The average Bonchev–Trinajstić information content (AvgIpc) is 2.56. The van der Waals surface area contributed by atoms with Crippen molar-refractivity contribution >= 4 is 29.3 Å². The number of ether oxygens (including phenoxy) is 1. The van der Waals surface area contributed by atoms with Crippen molar-refractivity contribution in [3.8, 4) is 0 Å². The molecule has 1 aromatic carbocycles. The predicted molar refractivity (Wildman–Crippen MR) is 88.2 cm³/mol. The number of amides is 1. The van der Waals surface area contributed by atoms with Crippen molar-refractivity contribution in [1.29, 1.82) is 0 Å². The molecular formula is C17H16ClFN2O3. The molecule has 1 atom stereocenters. The molecule has 1 heterocycles. The number of pyridine rings is 1. The molecular weight excluding hydrogens is 335 g/mol. The fourth-order valence-corrected chi connectivity index (χ4v) is 2.00. The summed E-state index contributed by atoms with van der Waals surface area (Å²) in [5.74, 6) is -1.01. The zero-order valence-electron chi connectivity index (χ0n) is 13.0.